The summed E-state index contributed by atoms with van der Waals surface area (Å²) in [6.07, 6.45) is -1.85. The molecule has 172 valence electrons. The number of benzene rings is 1. The second-order valence-electron chi connectivity index (χ2n) is 7.67. The van der Waals surface area contributed by atoms with Crippen LogP contribution in [-0.2, 0) is 19.1 Å². The molecule has 0 aliphatic carbocycles. The molecule has 1 aliphatic rings. The van der Waals surface area contributed by atoms with Crippen molar-refractivity contribution in [3.05, 3.63) is 46.9 Å². The monoisotopic (exact) mass is 465 g/mol. The number of amides is 1. The molecule has 0 radical (unpaired) electrons. The van der Waals surface area contributed by atoms with Gasteiger partial charge in [-0.2, -0.15) is 0 Å². The van der Waals surface area contributed by atoms with E-state index in [4.69, 9.17) is 33.5 Å². The molecular formula is C20H24ClN5O6. The first-order valence-electron chi connectivity index (χ1n) is 9.60. The van der Waals surface area contributed by atoms with Crippen molar-refractivity contribution in [3.63, 3.8) is 0 Å². The minimum Gasteiger partial charge on any atom is -0.382 e. The van der Waals surface area contributed by atoms with Crippen molar-refractivity contribution < 1.29 is 29.3 Å². The maximum Gasteiger partial charge on any atom is 0.245 e. The third kappa shape index (κ3) is 3.38. The van der Waals surface area contributed by atoms with Crippen molar-refractivity contribution in [2.75, 3.05) is 12.3 Å². The van der Waals surface area contributed by atoms with E-state index in [1.807, 2.05) is 0 Å². The number of carbonyl (C=O) groups is 3. The number of aromatic nitrogens is 2. The maximum absolute atomic E-state index is 12.6. The van der Waals surface area contributed by atoms with Gasteiger partial charge in [-0.3, -0.25) is 14.4 Å². The van der Waals surface area contributed by atoms with Crippen LogP contribution in [0.2, 0.25) is 5.02 Å². The highest BCUT2D eigenvalue weighted by Gasteiger charge is 2.72. The molecule has 2 aromatic rings. The van der Waals surface area contributed by atoms with Gasteiger partial charge in [0.15, 0.2) is 28.9 Å². The van der Waals surface area contributed by atoms with Crippen LogP contribution in [0.1, 0.15) is 37.4 Å². The number of Topliss-reactive ketones (excluding diaryl/α,β-unsaturated/α-hetero) is 2. The number of nitrogen functional groups attached to an aromatic ring is 1. The largest absolute Gasteiger partial charge is 0.382 e. The molecule has 1 aromatic carbocycles. The normalized spacial score (nSPS) is 28.4. The molecule has 1 unspecified atom stereocenters. The van der Waals surface area contributed by atoms with Crippen LogP contribution >= 0.6 is 11.6 Å². The van der Waals surface area contributed by atoms with E-state index in [1.165, 1.54) is 10.8 Å². The Morgan fingerprint density at radius 1 is 1.19 bits per heavy atom. The first-order valence-corrected chi connectivity index (χ1v) is 9.98. The molecular weight excluding hydrogens is 442 g/mol. The summed E-state index contributed by atoms with van der Waals surface area (Å²) < 4.78 is 6.93. The SMILES string of the molecule is CC(=O)[C@@]1(O)[C@@H](CN)O[C@@H](c2nc(N)cn2C(C(N)=O)c2ccc(Cl)cc2)[C@@]1(O)C(C)=O. The lowest BCUT2D eigenvalue weighted by atomic mass is 9.73. The number of nitrogens with two attached hydrogens (primary N) is 3. The van der Waals surface area contributed by atoms with Crippen LogP contribution in [0.4, 0.5) is 5.82 Å². The van der Waals surface area contributed by atoms with E-state index in [0.29, 0.717) is 10.6 Å². The van der Waals surface area contributed by atoms with Gasteiger partial charge in [0.05, 0.1) is 0 Å². The van der Waals surface area contributed by atoms with E-state index in [9.17, 15) is 24.6 Å². The molecule has 1 aromatic heterocycles. The Kier molecular flexibility index (Phi) is 6.15. The fraction of sp³-hybridized carbons (Fsp3) is 0.400. The Morgan fingerprint density at radius 2 is 1.75 bits per heavy atom. The molecule has 8 N–H and O–H groups in total. The number of aliphatic hydroxyl groups is 2. The van der Waals surface area contributed by atoms with E-state index in [1.54, 1.807) is 24.3 Å². The molecule has 1 aliphatic heterocycles. The van der Waals surface area contributed by atoms with Crippen molar-refractivity contribution in [1.82, 2.24) is 9.55 Å². The second kappa shape index (κ2) is 8.26. The molecule has 3 rings (SSSR count). The van der Waals surface area contributed by atoms with Crippen LogP contribution in [0.15, 0.2) is 30.5 Å². The summed E-state index contributed by atoms with van der Waals surface area (Å²) in [6, 6.07) is 5.01. The smallest absolute Gasteiger partial charge is 0.245 e. The highest BCUT2D eigenvalue weighted by Crippen LogP contribution is 2.49. The number of hydrogen-bond acceptors (Lipinski definition) is 9. The summed E-state index contributed by atoms with van der Waals surface area (Å²) in [4.78, 5) is 41.5. The van der Waals surface area contributed by atoms with Crippen LogP contribution in [0.5, 0.6) is 0 Å². The Bertz CT molecular complexity index is 1070. The van der Waals surface area contributed by atoms with Crippen molar-refractivity contribution in [2.45, 2.75) is 43.3 Å². The second-order valence-corrected chi connectivity index (χ2v) is 8.11. The number of carbonyl (C=O) groups excluding carboxylic acids is 3. The number of rotatable bonds is 7. The zero-order valence-electron chi connectivity index (χ0n) is 17.4. The summed E-state index contributed by atoms with van der Waals surface area (Å²) in [5, 5.41) is 23.0. The van der Waals surface area contributed by atoms with Gasteiger partial charge in [-0.1, -0.05) is 23.7 Å². The summed E-state index contributed by atoms with van der Waals surface area (Å²) in [6.45, 7) is 1.60. The first kappa shape index (κ1) is 23.8. The lowest BCUT2D eigenvalue weighted by Crippen LogP contribution is -2.66. The zero-order valence-corrected chi connectivity index (χ0v) is 18.1. The van der Waals surface area contributed by atoms with Gasteiger partial charge in [0.25, 0.3) is 0 Å². The molecule has 5 atom stereocenters. The van der Waals surface area contributed by atoms with Crippen molar-refractivity contribution >= 4 is 34.9 Å². The Balaban J connectivity index is 2.25. The van der Waals surface area contributed by atoms with Gasteiger partial charge in [-0.25, -0.2) is 4.98 Å². The van der Waals surface area contributed by atoms with Gasteiger partial charge in [-0.05, 0) is 31.5 Å². The van der Waals surface area contributed by atoms with Gasteiger partial charge in [0.2, 0.25) is 5.91 Å². The average molecular weight is 466 g/mol. The van der Waals surface area contributed by atoms with E-state index in [-0.39, 0.29) is 11.6 Å². The molecule has 0 saturated carbocycles. The third-order valence-corrected chi connectivity index (χ3v) is 6.01. The predicted molar refractivity (Wildman–Crippen MR) is 113 cm³/mol. The van der Waals surface area contributed by atoms with Crippen molar-refractivity contribution in [3.8, 4) is 0 Å². The number of nitrogens with zero attached hydrogens (tertiary/aromatic N) is 2. The molecule has 11 nitrogen and oxygen atoms in total. The van der Waals surface area contributed by atoms with Crippen LogP contribution in [0.25, 0.3) is 0 Å². The van der Waals surface area contributed by atoms with E-state index in [0.717, 1.165) is 13.8 Å². The van der Waals surface area contributed by atoms with Gasteiger partial charge in [-0.15, -0.1) is 0 Å². The third-order valence-electron chi connectivity index (χ3n) is 5.76. The fourth-order valence-electron chi connectivity index (χ4n) is 4.16. The lowest BCUT2D eigenvalue weighted by Gasteiger charge is -2.37. The Morgan fingerprint density at radius 3 is 2.22 bits per heavy atom. The van der Waals surface area contributed by atoms with Crippen molar-refractivity contribution in [1.29, 1.82) is 0 Å². The standard InChI is InChI=1S/C20H24ClN5O6/c1-9(27)19(30)13(7-22)32-16(20(19,31)10(2)28)18-25-14(23)8-26(18)15(17(24)29)11-3-5-12(21)6-4-11/h3-6,8,13,15-16,30-31H,7,22-23H2,1-2H3,(H2,24,29)/t13-,15?,16+,19-,20+/m1/s1. The maximum atomic E-state index is 12.6. The van der Waals surface area contributed by atoms with E-state index in [2.05, 4.69) is 4.98 Å². The Hall–Kier alpha value is -2.83. The van der Waals surface area contributed by atoms with E-state index < -0.39 is 53.5 Å². The Labute approximate surface area is 188 Å². The summed E-state index contributed by atoms with van der Waals surface area (Å²) >= 11 is 5.93. The number of ether oxygens (including phenoxy) is 1. The predicted octanol–water partition coefficient (Wildman–Crippen LogP) is -0.768. The number of anilines is 1. The molecule has 0 spiro atoms. The summed E-state index contributed by atoms with van der Waals surface area (Å²) in [5.74, 6) is -2.99. The average Bonchev–Trinajstić information content (AvgIpc) is 3.20. The van der Waals surface area contributed by atoms with Gasteiger partial charge < -0.3 is 36.7 Å². The number of primary amides is 1. The summed E-state index contributed by atoms with van der Waals surface area (Å²) in [7, 11) is 0. The lowest BCUT2D eigenvalue weighted by molar-refractivity contribution is -0.177. The molecule has 32 heavy (non-hydrogen) atoms. The fourth-order valence-corrected chi connectivity index (χ4v) is 4.29. The van der Waals surface area contributed by atoms with Crippen LogP contribution in [-0.4, -0.2) is 61.1 Å². The zero-order chi connectivity index (χ0) is 24.0. The summed E-state index contributed by atoms with van der Waals surface area (Å²) in [5.41, 5.74) is 12.2. The highest BCUT2D eigenvalue weighted by molar-refractivity contribution is 6.30. The van der Waals surface area contributed by atoms with Gasteiger partial charge in [0.1, 0.15) is 23.8 Å². The topological polar surface area (TPSA) is 197 Å². The van der Waals surface area contributed by atoms with Crippen LogP contribution in [0.3, 0.4) is 0 Å². The number of imidazole rings is 1. The van der Waals surface area contributed by atoms with Gasteiger partial charge >= 0.3 is 0 Å². The number of ketones is 2. The quantitative estimate of drug-likeness (QED) is 0.348. The number of hydrogen-bond donors (Lipinski definition) is 5. The minimum atomic E-state index is -2.76. The molecule has 12 heteroatoms. The molecule has 2 heterocycles. The molecule has 0 bridgehead atoms. The minimum absolute atomic E-state index is 0.0859. The first-order chi connectivity index (χ1) is 14.9. The molecule has 1 amide bonds. The highest BCUT2D eigenvalue weighted by atomic mass is 35.5. The van der Waals surface area contributed by atoms with Gasteiger partial charge in [0, 0.05) is 17.8 Å². The molecule has 1 fully saturated rings. The van der Waals surface area contributed by atoms with Crippen LogP contribution in [0, 0.1) is 0 Å². The number of halogens is 1. The van der Waals surface area contributed by atoms with Crippen molar-refractivity contribution in [2.24, 2.45) is 11.5 Å². The van der Waals surface area contributed by atoms with E-state index >= 15 is 0 Å². The molecule has 1 saturated heterocycles. The van der Waals surface area contributed by atoms with Crippen LogP contribution < -0.4 is 17.2 Å².